The first-order chi connectivity index (χ1) is 12.0. The van der Waals surface area contributed by atoms with Crippen molar-refractivity contribution in [2.24, 2.45) is 5.92 Å². The van der Waals surface area contributed by atoms with Crippen LogP contribution in [0.5, 0.6) is 0 Å². The molecule has 0 atom stereocenters. The molecule has 1 N–H and O–H groups in total. The molecule has 1 amide bonds. The summed E-state index contributed by atoms with van der Waals surface area (Å²) in [6, 6.07) is 8.60. The van der Waals surface area contributed by atoms with Crippen LogP contribution in [0.25, 0.3) is 10.6 Å². The molecule has 134 valence electrons. The predicted octanol–water partition coefficient (Wildman–Crippen LogP) is 4.31. The SMILES string of the molecule is CC(C)C(=O)NC1CCN(Cc2csc(-c3ccc(Br)cc3)n2)CC1. The minimum absolute atomic E-state index is 0.0602. The van der Waals surface area contributed by atoms with Gasteiger partial charge >= 0.3 is 0 Å². The molecule has 0 radical (unpaired) electrons. The molecule has 1 fully saturated rings. The summed E-state index contributed by atoms with van der Waals surface area (Å²) in [6.07, 6.45) is 2.03. The third-order valence-corrected chi connectivity index (χ3v) is 5.96. The van der Waals surface area contributed by atoms with Crippen molar-refractivity contribution in [2.75, 3.05) is 13.1 Å². The highest BCUT2D eigenvalue weighted by molar-refractivity contribution is 9.10. The van der Waals surface area contributed by atoms with E-state index >= 15 is 0 Å². The number of likely N-dealkylation sites (tertiary alicyclic amines) is 1. The molecule has 6 heteroatoms. The monoisotopic (exact) mass is 421 g/mol. The van der Waals surface area contributed by atoms with Gasteiger partial charge in [-0.2, -0.15) is 0 Å². The van der Waals surface area contributed by atoms with Gasteiger partial charge in [0.05, 0.1) is 5.69 Å². The Labute approximate surface area is 161 Å². The van der Waals surface area contributed by atoms with Gasteiger partial charge in [-0.05, 0) is 25.0 Å². The molecule has 25 heavy (non-hydrogen) atoms. The number of aromatic nitrogens is 1. The molecule has 0 aliphatic carbocycles. The van der Waals surface area contributed by atoms with E-state index in [0.29, 0.717) is 6.04 Å². The predicted molar refractivity (Wildman–Crippen MR) is 107 cm³/mol. The van der Waals surface area contributed by atoms with Gasteiger partial charge < -0.3 is 5.32 Å². The van der Waals surface area contributed by atoms with Gasteiger partial charge in [-0.3, -0.25) is 9.69 Å². The zero-order valence-corrected chi connectivity index (χ0v) is 17.1. The molecule has 0 unspecified atom stereocenters. The lowest BCUT2D eigenvalue weighted by atomic mass is 10.0. The fraction of sp³-hybridized carbons (Fsp3) is 0.474. The van der Waals surface area contributed by atoms with Gasteiger partial charge in [0.15, 0.2) is 0 Å². The number of nitrogens with zero attached hydrogens (tertiary/aromatic N) is 2. The van der Waals surface area contributed by atoms with Crippen molar-refractivity contribution in [2.45, 2.75) is 39.3 Å². The van der Waals surface area contributed by atoms with Crippen LogP contribution < -0.4 is 5.32 Å². The molecule has 2 heterocycles. The van der Waals surface area contributed by atoms with Crippen LogP contribution in [0.4, 0.5) is 0 Å². The number of hydrogen-bond acceptors (Lipinski definition) is 4. The number of piperidine rings is 1. The first-order valence-corrected chi connectivity index (χ1v) is 10.4. The number of thiazole rings is 1. The minimum atomic E-state index is 0.0602. The molecule has 1 aromatic heterocycles. The maximum Gasteiger partial charge on any atom is 0.222 e. The molecule has 1 aliphatic rings. The Kier molecular flexibility index (Phi) is 6.25. The van der Waals surface area contributed by atoms with E-state index in [0.717, 1.165) is 53.2 Å². The Morgan fingerprint density at radius 1 is 1.32 bits per heavy atom. The highest BCUT2D eigenvalue weighted by Crippen LogP contribution is 2.26. The smallest absolute Gasteiger partial charge is 0.222 e. The first kappa shape index (κ1) is 18.5. The Balaban J connectivity index is 1.51. The van der Waals surface area contributed by atoms with Crippen molar-refractivity contribution in [1.82, 2.24) is 15.2 Å². The number of carbonyl (C=O) groups is 1. The Morgan fingerprint density at radius 2 is 2.00 bits per heavy atom. The topological polar surface area (TPSA) is 45.2 Å². The molecule has 4 nitrogen and oxygen atoms in total. The van der Waals surface area contributed by atoms with Crippen LogP contribution in [0.3, 0.4) is 0 Å². The number of hydrogen-bond donors (Lipinski definition) is 1. The van der Waals surface area contributed by atoms with Gasteiger partial charge in [-0.25, -0.2) is 4.98 Å². The molecule has 0 saturated carbocycles. The summed E-state index contributed by atoms with van der Waals surface area (Å²) in [5.74, 6) is 0.224. The van der Waals surface area contributed by atoms with Crippen molar-refractivity contribution in [3.63, 3.8) is 0 Å². The fourth-order valence-electron chi connectivity index (χ4n) is 2.94. The molecular weight excluding hydrogens is 398 g/mol. The van der Waals surface area contributed by atoms with Gasteiger partial charge in [0.2, 0.25) is 5.91 Å². The lowest BCUT2D eigenvalue weighted by molar-refractivity contribution is -0.125. The van der Waals surface area contributed by atoms with Gasteiger partial charge in [-0.15, -0.1) is 11.3 Å². The normalized spacial score (nSPS) is 16.3. The molecule has 1 aliphatic heterocycles. The average Bonchev–Trinajstić information content (AvgIpc) is 3.05. The van der Waals surface area contributed by atoms with E-state index in [-0.39, 0.29) is 11.8 Å². The van der Waals surface area contributed by atoms with Gasteiger partial charge in [0, 0.05) is 47.0 Å². The minimum Gasteiger partial charge on any atom is -0.353 e. The second kappa shape index (κ2) is 8.43. The molecule has 1 saturated heterocycles. The average molecular weight is 422 g/mol. The van der Waals surface area contributed by atoms with Crippen LogP contribution in [0.1, 0.15) is 32.4 Å². The highest BCUT2D eigenvalue weighted by atomic mass is 79.9. The summed E-state index contributed by atoms with van der Waals surface area (Å²) in [4.78, 5) is 19.0. The fourth-order valence-corrected chi connectivity index (χ4v) is 4.02. The maximum atomic E-state index is 11.8. The van der Waals surface area contributed by atoms with E-state index in [4.69, 9.17) is 4.98 Å². The molecule has 0 bridgehead atoms. The standard InChI is InChI=1S/C19H24BrN3OS/c1-13(2)18(24)21-16-7-9-23(10-8-16)11-17-12-25-19(22-17)14-3-5-15(20)6-4-14/h3-6,12-13,16H,7-11H2,1-2H3,(H,21,24). The summed E-state index contributed by atoms with van der Waals surface area (Å²) in [7, 11) is 0. The molecule has 2 aromatic rings. The summed E-state index contributed by atoms with van der Waals surface area (Å²) >= 11 is 5.17. The van der Waals surface area contributed by atoms with Crippen LogP contribution in [-0.2, 0) is 11.3 Å². The quantitative estimate of drug-likeness (QED) is 0.781. The van der Waals surface area contributed by atoms with Crippen molar-refractivity contribution in [3.8, 4) is 10.6 Å². The number of amides is 1. The van der Waals surface area contributed by atoms with Gasteiger partial charge in [0.1, 0.15) is 5.01 Å². The van der Waals surface area contributed by atoms with E-state index in [1.54, 1.807) is 11.3 Å². The van der Waals surface area contributed by atoms with Crippen LogP contribution in [0.15, 0.2) is 34.1 Å². The van der Waals surface area contributed by atoms with E-state index in [1.807, 2.05) is 26.0 Å². The Bertz CT molecular complexity index is 706. The third kappa shape index (κ3) is 5.12. The number of benzene rings is 1. The van der Waals surface area contributed by atoms with Crippen LogP contribution in [-0.4, -0.2) is 34.9 Å². The highest BCUT2D eigenvalue weighted by Gasteiger charge is 2.22. The largest absolute Gasteiger partial charge is 0.353 e. The number of carbonyl (C=O) groups excluding carboxylic acids is 1. The summed E-state index contributed by atoms with van der Waals surface area (Å²) in [5, 5.41) is 6.38. The lowest BCUT2D eigenvalue weighted by Crippen LogP contribution is -2.45. The number of halogens is 1. The van der Waals surface area contributed by atoms with Crippen molar-refractivity contribution < 1.29 is 4.79 Å². The van der Waals surface area contributed by atoms with E-state index in [9.17, 15) is 4.79 Å². The third-order valence-electron chi connectivity index (χ3n) is 4.49. The van der Waals surface area contributed by atoms with Crippen LogP contribution in [0.2, 0.25) is 0 Å². The van der Waals surface area contributed by atoms with Crippen LogP contribution in [0, 0.1) is 5.92 Å². The summed E-state index contributed by atoms with van der Waals surface area (Å²) < 4.78 is 1.08. The second-order valence-corrected chi connectivity index (χ2v) is 8.64. The number of nitrogens with one attached hydrogen (secondary N) is 1. The molecule has 1 aromatic carbocycles. The zero-order chi connectivity index (χ0) is 17.8. The Morgan fingerprint density at radius 3 is 2.64 bits per heavy atom. The molecule has 0 spiro atoms. The number of rotatable bonds is 5. The van der Waals surface area contributed by atoms with Crippen molar-refractivity contribution >= 4 is 33.2 Å². The van der Waals surface area contributed by atoms with E-state index in [2.05, 4.69) is 43.7 Å². The maximum absolute atomic E-state index is 11.8. The van der Waals surface area contributed by atoms with Gasteiger partial charge in [-0.1, -0.05) is 41.9 Å². The van der Waals surface area contributed by atoms with Gasteiger partial charge in [0.25, 0.3) is 0 Å². The Hall–Kier alpha value is -1.24. The summed E-state index contributed by atoms with van der Waals surface area (Å²) in [6.45, 7) is 6.78. The second-order valence-electron chi connectivity index (χ2n) is 6.86. The molecule has 3 rings (SSSR count). The zero-order valence-electron chi connectivity index (χ0n) is 14.7. The van der Waals surface area contributed by atoms with Crippen LogP contribution >= 0.6 is 27.3 Å². The first-order valence-electron chi connectivity index (χ1n) is 8.74. The molecular formula is C19H24BrN3OS. The summed E-state index contributed by atoms with van der Waals surface area (Å²) in [5.41, 5.74) is 2.29. The lowest BCUT2D eigenvalue weighted by Gasteiger charge is -2.32. The van der Waals surface area contributed by atoms with E-state index < -0.39 is 0 Å². The van der Waals surface area contributed by atoms with Crippen molar-refractivity contribution in [3.05, 3.63) is 39.8 Å². The van der Waals surface area contributed by atoms with Crippen molar-refractivity contribution in [1.29, 1.82) is 0 Å². The van der Waals surface area contributed by atoms with E-state index in [1.165, 1.54) is 0 Å².